The molecule has 0 radical (unpaired) electrons. The lowest BCUT2D eigenvalue weighted by Gasteiger charge is -2.41. The molecule has 0 unspecified atom stereocenters. The van der Waals surface area contributed by atoms with Crippen LogP contribution in [0.3, 0.4) is 0 Å². The summed E-state index contributed by atoms with van der Waals surface area (Å²) in [7, 11) is 1.70. The first-order chi connectivity index (χ1) is 16.4. The maximum atomic E-state index is 13.8. The third-order valence-corrected chi connectivity index (χ3v) is 7.55. The highest BCUT2D eigenvalue weighted by Crippen LogP contribution is 2.26. The number of allylic oxidation sites excluding steroid dienone is 1. The molecule has 0 spiro atoms. The molecule has 0 aromatic carbocycles. The Labute approximate surface area is 219 Å². The van der Waals surface area contributed by atoms with E-state index in [2.05, 4.69) is 10.6 Å². The Hall–Kier alpha value is -2.22. The molecule has 0 saturated heterocycles. The van der Waals surface area contributed by atoms with Crippen LogP contribution in [0.15, 0.2) is 11.6 Å². The standard InChI is InChI=1S/C28H52N4O4/c1-13-27(29,14-2)24(35)31-28(15-3,16-4)25(36)30-22(26(9,10)11)23(34)32(12)21(18(5)6)17-19(7)20(8)33/h17-18,21-22H,13-16,29H2,1-12H3,(H,30,36)(H,31,35)/b19-17+/t21-,22-/m1/s1. The average molecular weight is 509 g/mol. The summed E-state index contributed by atoms with van der Waals surface area (Å²) in [5.74, 6) is -1.04. The maximum Gasteiger partial charge on any atom is 0.246 e. The van der Waals surface area contributed by atoms with Crippen molar-refractivity contribution in [3.63, 3.8) is 0 Å². The molecule has 0 aliphatic rings. The number of likely N-dealkylation sites (N-methyl/N-ethyl adjacent to an activating group) is 1. The molecule has 0 saturated carbocycles. The van der Waals surface area contributed by atoms with E-state index in [1.165, 1.54) is 6.92 Å². The number of ketones is 1. The summed E-state index contributed by atoms with van der Waals surface area (Å²) in [5.41, 5.74) is 4.01. The number of hydrogen-bond acceptors (Lipinski definition) is 5. The average Bonchev–Trinajstić information content (AvgIpc) is 2.81. The SMILES string of the molecule is CCC(N)(CC)C(=O)NC(CC)(CC)C(=O)N[C@H](C(=O)N(C)[C@H](/C=C(\C)C(C)=O)C(C)C)C(C)(C)C. The Kier molecular flexibility index (Phi) is 12.5. The van der Waals surface area contributed by atoms with Crippen LogP contribution < -0.4 is 16.4 Å². The van der Waals surface area contributed by atoms with E-state index >= 15 is 0 Å². The van der Waals surface area contributed by atoms with E-state index < -0.39 is 28.4 Å². The molecular formula is C28H52N4O4. The van der Waals surface area contributed by atoms with Crippen LogP contribution in [0.5, 0.6) is 0 Å². The number of hydrogen-bond donors (Lipinski definition) is 3. The van der Waals surface area contributed by atoms with Gasteiger partial charge >= 0.3 is 0 Å². The van der Waals surface area contributed by atoms with Crippen LogP contribution in [-0.4, -0.2) is 58.6 Å². The van der Waals surface area contributed by atoms with Crippen molar-refractivity contribution in [3.8, 4) is 0 Å². The first-order valence-electron chi connectivity index (χ1n) is 13.3. The highest BCUT2D eigenvalue weighted by molar-refractivity contribution is 5.97. The van der Waals surface area contributed by atoms with Crippen molar-refractivity contribution in [2.24, 2.45) is 17.1 Å². The van der Waals surface area contributed by atoms with E-state index in [4.69, 9.17) is 5.73 Å². The number of nitrogens with zero attached hydrogens (tertiary/aromatic N) is 1. The fraction of sp³-hybridized carbons (Fsp3) is 0.786. The zero-order valence-corrected chi connectivity index (χ0v) is 24.8. The molecule has 0 aliphatic heterocycles. The summed E-state index contributed by atoms with van der Waals surface area (Å²) in [6, 6.07) is -1.17. The second kappa shape index (κ2) is 13.4. The fourth-order valence-corrected chi connectivity index (χ4v) is 4.11. The predicted molar refractivity (Wildman–Crippen MR) is 146 cm³/mol. The lowest BCUT2D eigenvalue weighted by Crippen LogP contribution is -2.67. The Bertz CT molecular complexity index is 818. The summed E-state index contributed by atoms with van der Waals surface area (Å²) >= 11 is 0. The summed E-state index contributed by atoms with van der Waals surface area (Å²) in [4.78, 5) is 54.0. The molecule has 0 aromatic rings. The van der Waals surface area contributed by atoms with Gasteiger partial charge in [0.1, 0.15) is 11.6 Å². The molecule has 4 N–H and O–H groups in total. The quantitative estimate of drug-likeness (QED) is 0.327. The van der Waals surface area contributed by atoms with Gasteiger partial charge in [-0.05, 0) is 56.4 Å². The smallest absolute Gasteiger partial charge is 0.246 e. The summed E-state index contributed by atoms with van der Waals surface area (Å²) in [5, 5.41) is 5.90. The van der Waals surface area contributed by atoms with Crippen molar-refractivity contribution in [2.45, 2.75) is 125 Å². The molecule has 208 valence electrons. The Morgan fingerprint density at radius 2 is 1.36 bits per heavy atom. The highest BCUT2D eigenvalue weighted by atomic mass is 16.2. The Morgan fingerprint density at radius 3 is 1.69 bits per heavy atom. The number of nitrogens with one attached hydrogen (secondary N) is 2. The van der Waals surface area contributed by atoms with E-state index in [1.807, 2.05) is 68.4 Å². The van der Waals surface area contributed by atoms with Gasteiger partial charge in [-0.1, -0.05) is 68.4 Å². The van der Waals surface area contributed by atoms with Crippen molar-refractivity contribution in [1.82, 2.24) is 15.5 Å². The summed E-state index contributed by atoms with van der Waals surface area (Å²) < 4.78 is 0. The third-order valence-electron chi connectivity index (χ3n) is 7.55. The number of nitrogens with two attached hydrogens (primary N) is 1. The normalized spacial score (nSPS) is 14.8. The van der Waals surface area contributed by atoms with Crippen LogP contribution >= 0.6 is 0 Å². The molecule has 2 atom stereocenters. The Balaban J connectivity index is 6.26. The number of carbonyl (C=O) groups is 4. The molecular weight excluding hydrogens is 456 g/mol. The fourth-order valence-electron chi connectivity index (χ4n) is 4.11. The lowest BCUT2D eigenvalue weighted by molar-refractivity contribution is -0.143. The zero-order chi connectivity index (χ0) is 28.6. The first kappa shape index (κ1) is 33.8. The summed E-state index contributed by atoms with van der Waals surface area (Å²) in [6.45, 7) is 20.2. The molecule has 0 aliphatic carbocycles. The van der Waals surface area contributed by atoms with Crippen molar-refractivity contribution in [1.29, 1.82) is 0 Å². The Morgan fingerprint density at radius 1 is 0.889 bits per heavy atom. The number of carbonyl (C=O) groups excluding carboxylic acids is 4. The molecule has 0 fully saturated rings. The van der Waals surface area contributed by atoms with Crippen molar-refractivity contribution >= 4 is 23.5 Å². The van der Waals surface area contributed by atoms with Crippen LogP contribution in [0.25, 0.3) is 0 Å². The number of Topliss-reactive ketones (excluding diaryl/α,β-unsaturated/α-hetero) is 1. The minimum absolute atomic E-state index is 0.0509. The van der Waals surface area contributed by atoms with E-state index in [1.54, 1.807) is 18.9 Å². The van der Waals surface area contributed by atoms with Gasteiger partial charge < -0.3 is 21.3 Å². The lowest BCUT2D eigenvalue weighted by atomic mass is 9.83. The highest BCUT2D eigenvalue weighted by Gasteiger charge is 2.44. The molecule has 36 heavy (non-hydrogen) atoms. The predicted octanol–water partition coefficient (Wildman–Crippen LogP) is 3.73. The van der Waals surface area contributed by atoms with Gasteiger partial charge in [-0.2, -0.15) is 0 Å². The van der Waals surface area contributed by atoms with Gasteiger partial charge in [0.2, 0.25) is 17.7 Å². The van der Waals surface area contributed by atoms with Crippen molar-refractivity contribution < 1.29 is 19.2 Å². The molecule has 3 amide bonds. The van der Waals surface area contributed by atoms with Gasteiger partial charge in [0.05, 0.1) is 11.6 Å². The minimum Gasteiger partial charge on any atom is -0.342 e. The van der Waals surface area contributed by atoms with Crippen molar-refractivity contribution in [3.05, 3.63) is 11.6 Å². The molecule has 8 nitrogen and oxygen atoms in total. The third kappa shape index (κ3) is 8.15. The van der Waals surface area contributed by atoms with Gasteiger partial charge in [0.25, 0.3) is 0 Å². The van der Waals surface area contributed by atoms with Gasteiger partial charge in [-0.15, -0.1) is 0 Å². The van der Waals surface area contributed by atoms with Crippen LogP contribution in [0.2, 0.25) is 0 Å². The molecule has 0 bridgehead atoms. The summed E-state index contributed by atoms with van der Waals surface area (Å²) in [6.07, 6.45) is 3.39. The van der Waals surface area contributed by atoms with Gasteiger partial charge in [0, 0.05) is 7.05 Å². The maximum absolute atomic E-state index is 13.8. The van der Waals surface area contributed by atoms with E-state index in [-0.39, 0.29) is 29.6 Å². The van der Waals surface area contributed by atoms with Gasteiger partial charge in [0.15, 0.2) is 5.78 Å². The molecule has 8 heteroatoms. The van der Waals surface area contributed by atoms with E-state index in [0.29, 0.717) is 31.3 Å². The molecule has 0 aromatic heterocycles. The van der Waals surface area contributed by atoms with Gasteiger partial charge in [-0.3, -0.25) is 19.2 Å². The van der Waals surface area contributed by atoms with Gasteiger partial charge in [-0.25, -0.2) is 0 Å². The largest absolute Gasteiger partial charge is 0.342 e. The molecule has 0 heterocycles. The topological polar surface area (TPSA) is 122 Å². The van der Waals surface area contributed by atoms with E-state index in [0.717, 1.165) is 0 Å². The van der Waals surface area contributed by atoms with Crippen LogP contribution in [-0.2, 0) is 19.2 Å². The second-order valence-electron chi connectivity index (χ2n) is 11.5. The van der Waals surface area contributed by atoms with Crippen LogP contribution in [0.1, 0.15) is 102 Å². The van der Waals surface area contributed by atoms with Crippen LogP contribution in [0.4, 0.5) is 0 Å². The minimum atomic E-state index is -1.20. The first-order valence-corrected chi connectivity index (χ1v) is 13.3. The number of amides is 3. The van der Waals surface area contributed by atoms with Crippen molar-refractivity contribution in [2.75, 3.05) is 7.05 Å². The monoisotopic (exact) mass is 508 g/mol. The number of rotatable bonds is 13. The zero-order valence-electron chi connectivity index (χ0n) is 24.8. The second-order valence-corrected chi connectivity index (χ2v) is 11.5. The van der Waals surface area contributed by atoms with E-state index in [9.17, 15) is 19.2 Å². The van der Waals surface area contributed by atoms with Crippen LogP contribution in [0, 0.1) is 11.3 Å². The molecule has 0 rings (SSSR count).